The zero-order valence-corrected chi connectivity index (χ0v) is 15.0. The third-order valence-corrected chi connectivity index (χ3v) is 4.65. The molecule has 2 aromatic rings. The van der Waals surface area contributed by atoms with Crippen LogP contribution in [0.25, 0.3) is 0 Å². The predicted octanol–water partition coefficient (Wildman–Crippen LogP) is 3.53. The molecule has 0 aliphatic carbocycles. The standard InChI is InChI=1S/C20H24F2N2O2/c1-14(15-4-3-5-17(10-15)25-2)23-12-18-13-24(8-9-26-18)16-6-7-19(21)20(22)11-16/h3-7,10-11,14,18,23H,8-9,12-13H2,1-2H3. The molecule has 0 radical (unpaired) electrons. The van der Waals surface area contributed by atoms with Gasteiger partial charge in [0.25, 0.3) is 0 Å². The van der Waals surface area contributed by atoms with Gasteiger partial charge >= 0.3 is 0 Å². The second-order valence-corrected chi connectivity index (χ2v) is 6.44. The second kappa shape index (κ2) is 8.47. The van der Waals surface area contributed by atoms with E-state index in [0.717, 1.165) is 17.4 Å². The van der Waals surface area contributed by atoms with E-state index in [2.05, 4.69) is 18.3 Å². The summed E-state index contributed by atoms with van der Waals surface area (Å²) < 4.78 is 37.7. The van der Waals surface area contributed by atoms with Gasteiger partial charge in [0.05, 0.1) is 19.8 Å². The lowest BCUT2D eigenvalue weighted by Crippen LogP contribution is -2.47. The third-order valence-electron chi connectivity index (χ3n) is 4.65. The Bertz CT molecular complexity index is 742. The molecule has 0 saturated carbocycles. The molecule has 0 aromatic heterocycles. The van der Waals surface area contributed by atoms with Crippen LogP contribution in [0.15, 0.2) is 42.5 Å². The van der Waals surface area contributed by atoms with Crippen LogP contribution in [0.4, 0.5) is 14.5 Å². The van der Waals surface area contributed by atoms with Gasteiger partial charge in [0.15, 0.2) is 11.6 Å². The van der Waals surface area contributed by atoms with Gasteiger partial charge in [0, 0.05) is 37.4 Å². The maximum Gasteiger partial charge on any atom is 0.160 e. The smallest absolute Gasteiger partial charge is 0.160 e. The molecule has 1 heterocycles. The molecular weight excluding hydrogens is 338 g/mol. The van der Waals surface area contributed by atoms with Crippen LogP contribution in [0, 0.1) is 11.6 Å². The lowest BCUT2D eigenvalue weighted by molar-refractivity contribution is 0.0394. The number of anilines is 1. The average molecular weight is 362 g/mol. The molecule has 2 aromatic carbocycles. The fraction of sp³-hybridized carbons (Fsp3) is 0.400. The molecule has 2 unspecified atom stereocenters. The fourth-order valence-corrected chi connectivity index (χ4v) is 3.10. The van der Waals surface area contributed by atoms with E-state index in [4.69, 9.17) is 9.47 Å². The minimum Gasteiger partial charge on any atom is -0.497 e. The lowest BCUT2D eigenvalue weighted by Gasteiger charge is -2.35. The molecule has 1 aliphatic rings. The Labute approximate surface area is 152 Å². The predicted molar refractivity (Wildman–Crippen MR) is 97.7 cm³/mol. The van der Waals surface area contributed by atoms with Crippen LogP contribution in [0.1, 0.15) is 18.5 Å². The van der Waals surface area contributed by atoms with Crippen molar-refractivity contribution in [2.24, 2.45) is 0 Å². The molecule has 0 spiro atoms. The summed E-state index contributed by atoms with van der Waals surface area (Å²) in [6.45, 7) is 4.60. The molecular formula is C20H24F2N2O2. The highest BCUT2D eigenvalue weighted by atomic mass is 19.2. The van der Waals surface area contributed by atoms with Gasteiger partial charge in [0.2, 0.25) is 0 Å². The number of methoxy groups -OCH3 is 1. The molecule has 2 atom stereocenters. The summed E-state index contributed by atoms with van der Waals surface area (Å²) in [6, 6.07) is 12.1. The van der Waals surface area contributed by atoms with Gasteiger partial charge in [-0.05, 0) is 36.8 Å². The number of nitrogens with one attached hydrogen (secondary N) is 1. The second-order valence-electron chi connectivity index (χ2n) is 6.44. The Morgan fingerprint density at radius 2 is 2.08 bits per heavy atom. The Morgan fingerprint density at radius 1 is 1.23 bits per heavy atom. The van der Waals surface area contributed by atoms with Crippen molar-refractivity contribution in [3.05, 3.63) is 59.7 Å². The quantitative estimate of drug-likeness (QED) is 0.852. The number of ether oxygens (including phenoxy) is 2. The van der Waals surface area contributed by atoms with Crippen molar-refractivity contribution in [2.45, 2.75) is 19.1 Å². The van der Waals surface area contributed by atoms with E-state index in [9.17, 15) is 8.78 Å². The number of hydrogen-bond donors (Lipinski definition) is 1. The average Bonchev–Trinajstić information content (AvgIpc) is 2.68. The van der Waals surface area contributed by atoms with Crippen molar-refractivity contribution in [2.75, 3.05) is 38.3 Å². The van der Waals surface area contributed by atoms with Crippen molar-refractivity contribution in [1.82, 2.24) is 5.32 Å². The molecule has 6 heteroatoms. The molecule has 1 aliphatic heterocycles. The molecule has 26 heavy (non-hydrogen) atoms. The number of nitrogens with zero attached hydrogens (tertiary/aromatic N) is 1. The molecule has 0 bridgehead atoms. The van der Waals surface area contributed by atoms with Crippen LogP contribution in [-0.2, 0) is 4.74 Å². The van der Waals surface area contributed by atoms with Crippen molar-refractivity contribution in [3.8, 4) is 5.75 Å². The van der Waals surface area contributed by atoms with E-state index in [1.807, 2.05) is 23.1 Å². The van der Waals surface area contributed by atoms with Crippen LogP contribution in [0.2, 0.25) is 0 Å². The molecule has 4 nitrogen and oxygen atoms in total. The fourth-order valence-electron chi connectivity index (χ4n) is 3.10. The zero-order valence-electron chi connectivity index (χ0n) is 15.0. The van der Waals surface area contributed by atoms with Crippen molar-refractivity contribution < 1.29 is 18.3 Å². The summed E-state index contributed by atoms with van der Waals surface area (Å²) in [7, 11) is 1.65. The van der Waals surface area contributed by atoms with Crippen LogP contribution >= 0.6 is 0 Å². The van der Waals surface area contributed by atoms with Gasteiger partial charge in [-0.15, -0.1) is 0 Å². The van der Waals surface area contributed by atoms with E-state index in [-0.39, 0.29) is 12.1 Å². The van der Waals surface area contributed by atoms with Gasteiger partial charge in [-0.25, -0.2) is 8.78 Å². The highest BCUT2D eigenvalue weighted by molar-refractivity contribution is 5.47. The first-order valence-electron chi connectivity index (χ1n) is 8.75. The van der Waals surface area contributed by atoms with E-state index in [1.54, 1.807) is 13.2 Å². The SMILES string of the molecule is COc1cccc(C(C)NCC2CN(c3ccc(F)c(F)c3)CCO2)c1. The van der Waals surface area contributed by atoms with Crippen molar-refractivity contribution in [1.29, 1.82) is 0 Å². The van der Waals surface area contributed by atoms with Gasteiger partial charge < -0.3 is 19.7 Å². The molecule has 1 saturated heterocycles. The summed E-state index contributed by atoms with van der Waals surface area (Å²) >= 11 is 0. The summed E-state index contributed by atoms with van der Waals surface area (Å²) in [5, 5.41) is 3.47. The monoisotopic (exact) mass is 362 g/mol. The van der Waals surface area contributed by atoms with E-state index in [0.29, 0.717) is 31.9 Å². The third kappa shape index (κ3) is 4.51. The van der Waals surface area contributed by atoms with Crippen LogP contribution in [0.3, 0.4) is 0 Å². The number of morpholine rings is 1. The highest BCUT2D eigenvalue weighted by Gasteiger charge is 2.22. The van der Waals surface area contributed by atoms with Gasteiger partial charge in [-0.3, -0.25) is 0 Å². The minimum absolute atomic E-state index is 0.0232. The topological polar surface area (TPSA) is 33.7 Å². The number of halogens is 2. The Hall–Kier alpha value is -2.18. The molecule has 0 amide bonds. The van der Waals surface area contributed by atoms with Crippen LogP contribution in [0.5, 0.6) is 5.75 Å². The molecule has 1 fully saturated rings. The number of benzene rings is 2. The molecule has 3 rings (SSSR count). The normalized spacial score (nSPS) is 18.6. The first-order valence-corrected chi connectivity index (χ1v) is 8.75. The molecule has 140 valence electrons. The Balaban J connectivity index is 1.57. The summed E-state index contributed by atoms with van der Waals surface area (Å²) in [5.41, 5.74) is 1.82. The maximum absolute atomic E-state index is 13.5. The Morgan fingerprint density at radius 3 is 2.85 bits per heavy atom. The largest absolute Gasteiger partial charge is 0.497 e. The first kappa shape index (κ1) is 18.6. The van der Waals surface area contributed by atoms with Gasteiger partial charge in [-0.2, -0.15) is 0 Å². The number of rotatable bonds is 6. The first-order chi connectivity index (χ1) is 12.6. The maximum atomic E-state index is 13.5. The van der Waals surface area contributed by atoms with Crippen LogP contribution in [-0.4, -0.2) is 39.5 Å². The number of hydrogen-bond acceptors (Lipinski definition) is 4. The van der Waals surface area contributed by atoms with E-state index >= 15 is 0 Å². The van der Waals surface area contributed by atoms with Gasteiger partial charge in [-0.1, -0.05) is 12.1 Å². The summed E-state index contributed by atoms with van der Waals surface area (Å²) in [4.78, 5) is 2.02. The van der Waals surface area contributed by atoms with E-state index in [1.165, 1.54) is 6.07 Å². The van der Waals surface area contributed by atoms with Crippen LogP contribution < -0.4 is 15.0 Å². The minimum atomic E-state index is -0.827. The van der Waals surface area contributed by atoms with Gasteiger partial charge in [0.1, 0.15) is 5.75 Å². The highest BCUT2D eigenvalue weighted by Crippen LogP contribution is 2.22. The Kier molecular flexibility index (Phi) is 6.06. The zero-order chi connectivity index (χ0) is 18.5. The van der Waals surface area contributed by atoms with E-state index < -0.39 is 11.6 Å². The summed E-state index contributed by atoms with van der Waals surface area (Å²) in [5.74, 6) is -0.822. The lowest BCUT2D eigenvalue weighted by atomic mass is 10.1. The summed E-state index contributed by atoms with van der Waals surface area (Å²) in [6.07, 6.45) is -0.0232. The van der Waals surface area contributed by atoms with Crippen molar-refractivity contribution in [3.63, 3.8) is 0 Å². The molecule has 1 N–H and O–H groups in total. The van der Waals surface area contributed by atoms with Crippen molar-refractivity contribution >= 4 is 5.69 Å².